The van der Waals surface area contributed by atoms with Gasteiger partial charge in [-0.05, 0) is 42.0 Å². The van der Waals surface area contributed by atoms with Crippen LogP contribution in [-0.2, 0) is 30.6 Å². The summed E-state index contributed by atoms with van der Waals surface area (Å²) in [6.07, 6.45) is 1.29. The van der Waals surface area contributed by atoms with Crippen LogP contribution in [0, 0.1) is 0 Å². The first-order valence-electron chi connectivity index (χ1n) is 10.7. The summed E-state index contributed by atoms with van der Waals surface area (Å²) in [4.78, 5) is 26.8. The molecule has 1 saturated heterocycles. The van der Waals surface area contributed by atoms with Crippen molar-refractivity contribution in [1.82, 2.24) is 9.62 Å². The van der Waals surface area contributed by atoms with Gasteiger partial charge in [-0.15, -0.1) is 0 Å². The molecule has 1 fully saturated rings. The molecule has 2 aliphatic rings. The van der Waals surface area contributed by atoms with Crippen LogP contribution in [0.15, 0.2) is 53.4 Å². The number of carbonyl (C=O) groups is 2. The maximum atomic E-state index is 12.9. The zero-order chi connectivity index (χ0) is 23.1. The minimum Gasteiger partial charge on any atom is -0.449 e. The number of nitrogens with zero attached hydrogens (tertiary/aromatic N) is 1. The minimum atomic E-state index is -3.82. The van der Waals surface area contributed by atoms with Crippen molar-refractivity contribution in [2.75, 3.05) is 19.6 Å². The summed E-state index contributed by atoms with van der Waals surface area (Å²) in [5.74, 6) is -0.728. The highest BCUT2D eigenvalue weighted by molar-refractivity contribution is 7.89. The van der Waals surface area contributed by atoms with Crippen molar-refractivity contribution in [2.45, 2.75) is 49.5 Å². The van der Waals surface area contributed by atoms with Crippen LogP contribution in [0.3, 0.4) is 0 Å². The number of amides is 1. The molecule has 2 heterocycles. The van der Waals surface area contributed by atoms with Gasteiger partial charge < -0.3 is 9.64 Å². The maximum Gasteiger partial charge on any atom is 0.339 e. The van der Waals surface area contributed by atoms with E-state index in [2.05, 4.69) is 25.5 Å². The van der Waals surface area contributed by atoms with Crippen molar-refractivity contribution in [3.63, 3.8) is 0 Å². The van der Waals surface area contributed by atoms with Gasteiger partial charge in [0.1, 0.15) is 0 Å². The number of hydrogen-bond donors (Lipinski definition) is 1. The molecule has 1 spiro atoms. The molecule has 0 saturated carbocycles. The molecular formula is C24H28N2O5S. The number of sulfonamides is 1. The Morgan fingerprint density at radius 2 is 1.81 bits per heavy atom. The molecule has 0 aromatic heterocycles. The zero-order valence-corrected chi connectivity index (χ0v) is 19.4. The van der Waals surface area contributed by atoms with Gasteiger partial charge >= 0.3 is 5.97 Å². The van der Waals surface area contributed by atoms with E-state index in [-0.39, 0.29) is 35.3 Å². The molecule has 4 rings (SSSR count). The number of carbonyl (C=O) groups excluding carboxylic acids is 2. The van der Waals surface area contributed by atoms with Gasteiger partial charge in [-0.3, -0.25) is 4.79 Å². The zero-order valence-electron chi connectivity index (χ0n) is 18.6. The Morgan fingerprint density at radius 1 is 1.12 bits per heavy atom. The van der Waals surface area contributed by atoms with Crippen molar-refractivity contribution in [2.24, 2.45) is 0 Å². The molecule has 0 aliphatic carbocycles. The number of fused-ring (bicyclic) bond motifs is 2. The molecule has 1 N–H and O–H groups in total. The summed E-state index contributed by atoms with van der Waals surface area (Å²) < 4.78 is 33.5. The third kappa shape index (κ3) is 4.17. The van der Waals surface area contributed by atoms with Crippen LogP contribution in [0.1, 0.15) is 55.1 Å². The van der Waals surface area contributed by atoms with E-state index in [0.29, 0.717) is 24.9 Å². The first-order valence-corrected chi connectivity index (χ1v) is 12.2. The number of likely N-dealkylation sites (tertiary alicyclic amines) is 1. The molecule has 32 heavy (non-hydrogen) atoms. The van der Waals surface area contributed by atoms with Crippen LogP contribution < -0.4 is 4.72 Å². The number of hydrogen-bond acceptors (Lipinski definition) is 5. The molecule has 170 valence electrons. The lowest BCUT2D eigenvalue weighted by Crippen LogP contribution is -2.51. The topological polar surface area (TPSA) is 92.8 Å². The van der Waals surface area contributed by atoms with E-state index in [0.717, 1.165) is 11.1 Å². The Labute approximate surface area is 188 Å². The minimum absolute atomic E-state index is 0.0851. The summed E-state index contributed by atoms with van der Waals surface area (Å²) in [6, 6.07) is 13.9. The Hall–Kier alpha value is -2.71. The fourth-order valence-electron chi connectivity index (χ4n) is 4.37. The van der Waals surface area contributed by atoms with E-state index < -0.39 is 15.6 Å². The molecule has 7 nitrogen and oxygen atoms in total. The molecule has 2 aromatic rings. The summed E-state index contributed by atoms with van der Waals surface area (Å²) in [5, 5.41) is 0. The van der Waals surface area contributed by atoms with E-state index in [1.165, 1.54) is 0 Å². The van der Waals surface area contributed by atoms with Crippen LogP contribution in [0.25, 0.3) is 0 Å². The van der Waals surface area contributed by atoms with Crippen molar-refractivity contribution in [1.29, 1.82) is 0 Å². The van der Waals surface area contributed by atoms with Gasteiger partial charge in [0.15, 0.2) is 5.60 Å². The molecule has 0 bridgehead atoms. The van der Waals surface area contributed by atoms with Crippen molar-refractivity contribution >= 4 is 21.9 Å². The molecule has 2 aromatic carbocycles. The normalized spacial score (nSPS) is 20.8. The number of benzene rings is 2. The molecule has 0 radical (unpaired) electrons. The average molecular weight is 457 g/mol. The predicted molar refractivity (Wildman–Crippen MR) is 120 cm³/mol. The Morgan fingerprint density at radius 3 is 2.50 bits per heavy atom. The lowest BCUT2D eigenvalue weighted by atomic mass is 9.85. The van der Waals surface area contributed by atoms with Crippen LogP contribution in [0.2, 0.25) is 0 Å². The van der Waals surface area contributed by atoms with Gasteiger partial charge in [0.05, 0.1) is 23.5 Å². The molecule has 1 unspecified atom stereocenters. The van der Waals surface area contributed by atoms with E-state index in [4.69, 9.17) is 4.74 Å². The number of esters is 1. The van der Waals surface area contributed by atoms with E-state index in [1.807, 2.05) is 12.1 Å². The van der Waals surface area contributed by atoms with Crippen LogP contribution in [0.4, 0.5) is 0 Å². The summed E-state index contributed by atoms with van der Waals surface area (Å²) >= 11 is 0. The smallest absolute Gasteiger partial charge is 0.339 e. The molecular weight excluding hydrogens is 428 g/mol. The van der Waals surface area contributed by atoms with Crippen LogP contribution in [0.5, 0.6) is 0 Å². The van der Waals surface area contributed by atoms with Gasteiger partial charge in [0, 0.05) is 12.1 Å². The highest BCUT2D eigenvalue weighted by Gasteiger charge is 2.48. The Bertz CT molecular complexity index is 1150. The van der Waals surface area contributed by atoms with Gasteiger partial charge in [-0.25, -0.2) is 17.9 Å². The van der Waals surface area contributed by atoms with Crippen molar-refractivity contribution in [3.8, 4) is 0 Å². The first-order chi connectivity index (χ1) is 15.0. The molecule has 1 atom stereocenters. The lowest BCUT2D eigenvalue weighted by Gasteiger charge is -2.39. The highest BCUT2D eigenvalue weighted by atomic mass is 32.2. The third-order valence-electron chi connectivity index (χ3n) is 6.18. The van der Waals surface area contributed by atoms with Crippen molar-refractivity contribution in [3.05, 3.63) is 65.2 Å². The maximum absolute atomic E-state index is 12.9. The summed E-state index contributed by atoms with van der Waals surface area (Å²) in [7, 11) is -3.82. The Kier molecular flexibility index (Phi) is 5.63. The average Bonchev–Trinajstić information content (AvgIpc) is 3.03. The summed E-state index contributed by atoms with van der Waals surface area (Å²) in [6.45, 7) is 6.52. The number of piperidine rings is 1. The van der Waals surface area contributed by atoms with E-state index in [1.54, 1.807) is 41.3 Å². The molecule has 1 amide bonds. The second-order valence-electron chi connectivity index (χ2n) is 9.45. The standard InChI is InChI=1S/C24H28N2O5S/c1-23(2,3)17-9-11-18(12-10-17)32(29,30)25-15-21(27)26-14-6-13-24(16-26)20-8-5-4-7-19(20)22(28)31-24/h4-5,7-12,25H,6,13-16H2,1-3H3. The number of ether oxygens (including phenoxy) is 1. The largest absolute Gasteiger partial charge is 0.449 e. The quantitative estimate of drug-likeness (QED) is 0.714. The molecule has 2 aliphatic heterocycles. The number of rotatable bonds is 4. The Balaban J connectivity index is 1.44. The van der Waals surface area contributed by atoms with E-state index in [9.17, 15) is 18.0 Å². The lowest BCUT2D eigenvalue weighted by molar-refractivity contribution is -0.137. The van der Waals surface area contributed by atoms with Crippen LogP contribution in [-0.4, -0.2) is 44.8 Å². The van der Waals surface area contributed by atoms with Crippen molar-refractivity contribution < 1.29 is 22.7 Å². The van der Waals surface area contributed by atoms with Crippen LogP contribution >= 0.6 is 0 Å². The second kappa shape index (κ2) is 8.01. The van der Waals surface area contributed by atoms with Gasteiger partial charge in [-0.1, -0.05) is 51.1 Å². The SMILES string of the molecule is CC(C)(C)c1ccc(S(=O)(=O)NCC(=O)N2CCCC3(C2)OC(=O)c2ccccc23)cc1. The van der Waals surface area contributed by atoms with Gasteiger partial charge in [-0.2, -0.15) is 0 Å². The fraction of sp³-hybridized carbons (Fsp3) is 0.417. The fourth-order valence-corrected chi connectivity index (χ4v) is 5.34. The molecule has 8 heteroatoms. The van der Waals surface area contributed by atoms with Gasteiger partial charge in [0.25, 0.3) is 0 Å². The summed E-state index contributed by atoms with van der Waals surface area (Å²) in [5.41, 5.74) is 1.40. The third-order valence-corrected chi connectivity index (χ3v) is 7.59. The number of nitrogens with one attached hydrogen (secondary N) is 1. The second-order valence-corrected chi connectivity index (χ2v) is 11.2. The monoisotopic (exact) mass is 456 g/mol. The van der Waals surface area contributed by atoms with Gasteiger partial charge in [0.2, 0.25) is 15.9 Å². The van der Waals surface area contributed by atoms with E-state index >= 15 is 0 Å². The predicted octanol–water partition coefficient (Wildman–Crippen LogP) is 2.95. The highest BCUT2D eigenvalue weighted by Crippen LogP contribution is 2.42. The first kappa shape index (κ1) is 22.5.